The molecule has 0 radical (unpaired) electrons. The van der Waals surface area contributed by atoms with Gasteiger partial charge in [0.25, 0.3) is 0 Å². The summed E-state index contributed by atoms with van der Waals surface area (Å²) in [6.45, 7) is 0.927. The zero-order chi connectivity index (χ0) is 13.5. The number of hydrogen-bond acceptors (Lipinski definition) is 3. The Morgan fingerprint density at radius 2 is 2.10 bits per heavy atom. The third-order valence-electron chi connectivity index (χ3n) is 5.07. The van der Waals surface area contributed by atoms with Gasteiger partial charge in [0.1, 0.15) is 5.75 Å². The molecule has 3 atom stereocenters. The molecule has 0 spiro atoms. The van der Waals surface area contributed by atoms with Gasteiger partial charge < -0.3 is 14.8 Å². The van der Waals surface area contributed by atoms with Gasteiger partial charge in [0.05, 0.1) is 13.2 Å². The van der Waals surface area contributed by atoms with Crippen LogP contribution >= 0.6 is 0 Å². The maximum atomic E-state index is 5.95. The van der Waals surface area contributed by atoms with Crippen molar-refractivity contribution < 1.29 is 9.47 Å². The van der Waals surface area contributed by atoms with E-state index in [0.29, 0.717) is 18.2 Å². The van der Waals surface area contributed by atoms with Crippen LogP contribution in [0.25, 0.3) is 0 Å². The summed E-state index contributed by atoms with van der Waals surface area (Å²) in [5.74, 6) is 1.79. The first-order chi connectivity index (χ1) is 9.85. The lowest BCUT2D eigenvalue weighted by Crippen LogP contribution is -2.39. The van der Waals surface area contributed by atoms with Crippen LogP contribution in [0.4, 0.5) is 0 Å². The minimum absolute atomic E-state index is 0.463. The Hall–Kier alpha value is -1.06. The van der Waals surface area contributed by atoms with Crippen molar-refractivity contribution in [3.8, 4) is 5.75 Å². The number of methoxy groups -OCH3 is 1. The Bertz CT molecular complexity index is 498. The zero-order valence-electron chi connectivity index (χ0n) is 12.1. The van der Waals surface area contributed by atoms with Crippen LogP contribution in [0.15, 0.2) is 18.2 Å². The standard InChI is InChI=1S/C17H23NO2/c1-19-13-6-4-11-5-7-15(14(11)10-13)18-16-8-9-20-17(16)12-2-3-12/h4,6,10,12,15-18H,2-3,5,7-9H2,1H3. The predicted molar refractivity (Wildman–Crippen MR) is 78.1 cm³/mol. The lowest BCUT2D eigenvalue weighted by atomic mass is 10.0. The van der Waals surface area contributed by atoms with Gasteiger partial charge in [-0.15, -0.1) is 0 Å². The van der Waals surface area contributed by atoms with Crippen molar-refractivity contribution in [3.63, 3.8) is 0 Å². The van der Waals surface area contributed by atoms with Crippen LogP contribution in [0.1, 0.15) is 42.9 Å². The van der Waals surface area contributed by atoms with E-state index in [9.17, 15) is 0 Å². The van der Waals surface area contributed by atoms with Crippen molar-refractivity contribution >= 4 is 0 Å². The number of nitrogens with one attached hydrogen (secondary N) is 1. The summed E-state index contributed by atoms with van der Waals surface area (Å²) in [5.41, 5.74) is 2.91. The highest BCUT2D eigenvalue weighted by Gasteiger charge is 2.41. The normalized spacial score (nSPS) is 32.4. The molecule has 3 unspecified atom stereocenters. The van der Waals surface area contributed by atoms with E-state index in [2.05, 4.69) is 23.5 Å². The van der Waals surface area contributed by atoms with Gasteiger partial charge in [-0.3, -0.25) is 0 Å². The summed E-state index contributed by atoms with van der Waals surface area (Å²) in [4.78, 5) is 0. The fraction of sp³-hybridized carbons (Fsp3) is 0.647. The number of hydrogen-bond donors (Lipinski definition) is 1. The lowest BCUT2D eigenvalue weighted by Gasteiger charge is -2.24. The molecular weight excluding hydrogens is 250 g/mol. The van der Waals surface area contributed by atoms with E-state index >= 15 is 0 Å². The van der Waals surface area contributed by atoms with E-state index in [1.54, 1.807) is 7.11 Å². The van der Waals surface area contributed by atoms with Gasteiger partial charge in [-0.05, 0) is 61.3 Å². The first-order valence-corrected chi connectivity index (χ1v) is 7.89. The van der Waals surface area contributed by atoms with Gasteiger partial charge >= 0.3 is 0 Å². The van der Waals surface area contributed by atoms with Crippen LogP contribution in [0.2, 0.25) is 0 Å². The molecule has 1 heterocycles. The SMILES string of the molecule is COc1ccc2c(c1)C(NC1CCOC1C1CC1)CC2. The molecule has 0 bridgehead atoms. The number of ether oxygens (including phenoxy) is 2. The Morgan fingerprint density at radius 3 is 2.90 bits per heavy atom. The van der Waals surface area contributed by atoms with E-state index in [1.165, 1.54) is 36.8 Å². The van der Waals surface area contributed by atoms with E-state index in [4.69, 9.17) is 9.47 Å². The molecule has 20 heavy (non-hydrogen) atoms. The molecule has 0 amide bonds. The molecule has 108 valence electrons. The minimum atomic E-state index is 0.463. The topological polar surface area (TPSA) is 30.5 Å². The summed E-state index contributed by atoms with van der Waals surface area (Å²) in [6, 6.07) is 7.53. The molecule has 1 aromatic rings. The van der Waals surface area contributed by atoms with Crippen molar-refractivity contribution in [2.24, 2.45) is 5.92 Å². The molecule has 3 heteroatoms. The van der Waals surface area contributed by atoms with Crippen molar-refractivity contribution in [1.29, 1.82) is 0 Å². The van der Waals surface area contributed by atoms with Gasteiger partial charge in [0, 0.05) is 18.7 Å². The zero-order valence-corrected chi connectivity index (χ0v) is 12.1. The number of rotatable bonds is 4. The summed E-state index contributed by atoms with van der Waals surface area (Å²) in [5, 5.41) is 3.88. The lowest BCUT2D eigenvalue weighted by molar-refractivity contribution is 0.0788. The maximum absolute atomic E-state index is 5.95. The average molecular weight is 273 g/mol. The molecule has 1 N–H and O–H groups in total. The van der Waals surface area contributed by atoms with Crippen molar-refractivity contribution in [2.75, 3.05) is 13.7 Å². The third kappa shape index (κ3) is 2.23. The number of benzene rings is 1. The highest BCUT2D eigenvalue weighted by atomic mass is 16.5. The largest absolute Gasteiger partial charge is 0.497 e. The molecular formula is C17H23NO2. The van der Waals surface area contributed by atoms with Crippen molar-refractivity contribution in [1.82, 2.24) is 5.32 Å². The first-order valence-electron chi connectivity index (χ1n) is 7.89. The molecule has 1 saturated carbocycles. The van der Waals surface area contributed by atoms with Crippen LogP contribution in [0.3, 0.4) is 0 Å². The Kier molecular flexibility index (Phi) is 3.20. The molecule has 0 aromatic heterocycles. The van der Waals surface area contributed by atoms with Crippen LogP contribution in [0, 0.1) is 5.92 Å². The van der Waals surface area contributed by atoms with Gasteiger partial charge in [-0.1, -0.05) is 6.07 Å². The van der Waals surface area contributed by atoms with Crippen molar-refractivity contribution in [3.05, 3.63) is 29.3 Å². The fourth-order valence-electron chi connectivity index (χ4n) is 3.82. The summed E-state index contributed by atoms with van der Waals surface area (Å²) in [6.07, 6.45) is 6.73. The summed E-state index contributed by atoms with van der Waals surface area (Å²) in [7, 11) is 1.74. The molecule has 3 aliphatic rings. The second kappa shape index (κ2) is 5.05. The number of aryl methyl sites for hydroxylation is 1. The van der Waals surface area contributed by atoms with Gasteiger partial charge in [0.15, 0.2) is 0 Å². The van der Waals surface area contributed by atoms with E-state index < -0.39 is 0 Å². The molecule has 4 rings (SSSR count). The fourth-order valence-corrected chi connectivity index (χ4v) is 3.82. The molecule has 1 aromatic carbocycles. The summed E-state index contributed by atoms with van der Waals surface area (Å²) < 4.78 is 11.3. The predicted octanol–water partition coefficient (Wildman–Crippen LogP) is 2.84. The van der Waals surface area contributed by atoms with Crippen LogP contribution in [-0.4, -0.2) is 25.9 Å². The molecule has 1 aliphatic heterocycles. The van der Waals surface area contributed by atoms with Gasteiger partial charge in [-0.25, -0.2) is 0 Å². The Morgan fingerprint density at radius 1 is 1.20 bits per heavy atom. The maximum Gasteiger partial charge on any atom is 0.119 e. The molecule has 1 saturated heterocycles. The minimum Gasteiger partial charge on any atom is -0.497 e. The van der Waals surface area contributed by atoms with Gasteiger partial charge in [0.2, 0.25) is 0 Å². The van der Waals surface area contributed by atoms with Crippen molar-refractivity contribution in [2.45, 2.75) is 50.3 Å². The summed E-state index contributed by atoms with van der Waals surface area (Å²) >= 11 is 0. The van der Waals surface area contributed by atoms with E-state index in [0.717, 1.165) is 24.7 Å². The molecule has 2 fully saturated rings. The monoisotopic (exact) mass is 273 g/mol. The van der Waals surface area contributed by atoms with E-state index in [1.807, 2.05) is 0 Å². The van der Waals surface area contributed by atoms with E-state index in [-0.39, 0.29) is 0 Å². The quantitative estimate of drug-likeness (QED) is 0.915. The smallest absolute Gasteiger partial charge is 0.119 e. The molecule has 3 nitrogen and oxygen atoms in total. The molecule has 2 aliphatic carbocycles. The second-order valence-electron chi connectivity index (χ2n) is 6.39. The third-order valence-corrected chi connectivity index (χ3v) is 5.07. The Balaban J connectivity index is 1.50. The number of fused-ring (bicyclic) bond motifs is 1. The van der Waals surface area contributed by atoms with Crippen LogP contribution in [0.5, 0.6) is 5.75 Å². The Labute approximate surface area is 120 Å². The second-order valence-corrected chi connectivity index (χ2v) is 6.39. The average Bonchev–Trinajstić information content (AvgIpc) is 3.10. The highest BCUT2D eigenvalue weighted by Crippen LogP contribution is 2.41. The van der Waals surface area contributed by atoms with Crippen LogP contribution in [-0.2, 0) is 11.2 Å². The first kappa shape index (κ1) is 12.7. The van der Waals surface area contributed by atoms with Gasteiger partial charge in [-0.2, -0.15) is 0 Å². The van der Waals surface area contributed by atoms with Crippen LogP contribution < -0.4 is 10.1 Å². The highest BCUT2D eigenvalue weighted by molar-refractivity contribution is 5.40.